The Morgan fingerprint density at radius 2 is 0.504 bits per heavy atom. The maximum absolute atomic E-state index is 12.9. The van der Waals surface area contributed by atoms with Crippen LogP contribution in [-0.2, 0) is 52.3 Å². The van der Waals surface area contributed by atoms with Crippen LogP contribution in [0.1, 0.15) is 202 Å². The van der Waals surface area contributed by atoms with E-state index in [1.165, 1.54) is 12.8 Å². The van der Waals surface area contributed by atoms with Gasteiger partial charge in [-0.15, -0.1) is 0 Å². The number of carbonyl (C=O) groups excluding carboxylic acids is 8. The van der Waals surface area contributed by atoms with Crippen molar-refractivity contribution in [2.24, 2.45) is 16.2 Å². The molecule has 0 saturated heterocycles. The summed E-state index contributed by atoms with van der Waals surface area (Å²) in [4.78, 5) is 97.3. The van der Waals surface area contributed by atoms with Gasteiger partial charge in [-0.3, -0.25) is 14.4 Å². The summed E-state index contributed by atoms with van der Waals surface area (Å²) < 4.78 is 52.3. The predicted molar refractivity (Wildman–Crippen MR) is 557 cm³/mol. The highest BCUT2D eigenvalue weighted by atomic mass is 79.9. The summed E-state index contributed by atoms with van der Waals surface area (Å²) in [6.07, 6.45) is -0.559. The topological polar surface area (TPSA) is 330 Å². The van der Waals surface area contributed by atoms with Gasteiger partial charge in [0.25, 0.3) is 0 Å². The molecule has 0 saturated carbocycles. The second-order valence-corrected chi connectivity index (χ2v) is 33.3. The van der Waals surface area contributed by atoms with E-state index >= 15 is 0 Å². The molecular weight excluding hydrogens is 1830 g/mol. The van der Waals surface area contributed by atoms with Crippen LogP contribution in [0.5, 0.6) is 11.5 Å². The van der Waals surface area contributed by atoms with E-state index in [-0.39, 0.29) is 84.0 Å². The summed E-state index contributed by atoms with van der Waals surface area (Å²) in [6.45, 7) is 31.4. The molecule has 5 unspecified atom stereocenters. The highest BCUT2D eigenvalue weighted by molar-refractivity contribution is 9.08. The molecule has 746 valence electrons. The van der Waals surface area contributed by atoms with E-state index in [2.05, 4.69) is 49.7 Å². The molecule has 0 fully saturated rings. The Morgan fingerprint density at radius 3 is 0.842 bits per heavy atom. The van der Waals surface area contributed by atoms with Crippen molar-refractivity contribution in [1.29, 1.82) is 0 Å². The molecule has 0 aromatic heterocycles. The Balaban J connectivity index is 0.000000353. The van der Waals surface area contributed by atoms with Crippen molar-refractivity contribution >= 4 is 128 Å². The van der Waals surface area contributed by atoms with Gasteiger partial charge in [0.15, 0.2) is 0 Å². The lowest BCUT2D eigenvalue weighted by Gasteiger charge is -2.21. The number of alkyl halides is 1. The number of aliphatic hydroxyl groups is 5. The quantitative estimate of drug-likeness (QED) is 0.0110. The second kappa shape index (κ2) is 64.3. The third-order valence-electron chi connectivity index (χ3n) is 20.9. The van der Waals surface area contributed by atoms with Gasteiger partial charge in [-0.2, -0.15) is 0 Å². The summed E-state index contributed by atoms with van der Waals surface area (Å²) in [7, 11) is 0. The van der Waals surface area contributed by atoms with Gasteiger partial charge in [0, 0.05) is 0 Å². The number of hydrogen-bond donors (Lipinski definition) is 5. The number of fused-ring (bicyclic) bond motifs is 6. The van der Waals surface area contributed by atoms with Crippen molar-refractivity contribution < 1.29 is 111 Å². The number of ether oxygens (including phenoxy) is 10. The molecule has 13 aromatic rings. The highest BCUT2D eigenvalue weighted by Gasteiger charge is 2.31. The van der Waals surface area contributed by atoms with Crippen LogP contribution in [0.3, 0.4) is 0 Å². The third kappa shape index (κ3) is 40.2. The number of benzene rings is 13. The highest BCUT2D eigenvalue weighted by Crippen LogP contribution is 2.33. The first-order valence-electron chi connectivity index (χ1n) is 47.2. The van der Waals surface area contributed by atoms with Gasteiger partial charge in [0.2, 0.25) is 0 Å². The van der Waals surface area contributed by atoms with Gasteiger partial charge < -0.3 is 72.9 Å². The predicted octanol–water partition coefficient (Wildman–Crippen LogP) is 23.9. The monoisotopic (exact) mass is 1970 g/mol. The van der Waals surface area contributed by atoms with Crippen LogP contribution in [0.15, 0.2) is 285 Å². The molecule has 0 amide bonds. The van der Waals surface area contributed by atoms with E-state index in [1.807, 2.05) is 261 Å². The molecule has 13 rings (SSSR count). The number of rotatable bonds is 33. The minimum Gasteiger partial charge on any atom is -0.491 e. The number of esters is 8. The average Bonchev–Trinajstić information content (AvgIpc) is 0.770. The van der Waals surface area contributed by atoms with Gasteiger partial charge >= 0.3 is 47.8 Å². The lowest BCUT2D eigenvalue weighted by atomic mass is 9.91. The van der Waals surface area contributed by atoms with Gasteiger partial charge in [0.05, 0.1) is 44.1 Å². The standard InChI is InChI=1S/C24H26O5.C24H20O4.C20H24O5.C20H18O4.C16H22O5.2C3H8.2C2H6.CH3Br/c1-4-24(2,3)23(27)29-15-18(25)14-28-22(26)21-19-11-7-5-9-16(19)13-17-10-6-8-12-20(17)21;25-19(15-27-20-10-2-1-3-11-20)16-28-24(26)23-21-12-6-4-8-17(21)14-18-9-5-7-13-22(18)23;1-4-20(2,3)19(23)25-13-17(21)12-24-18(22)16-10-9-14-7-5-6-8-15(14)11-16;21-16(13-23-17-9-2-1-3-10-17)14-24-20(22)19-12-6-8-15-7-4-5-11-18(15)19;1-4-16(2,3)15(19)21-11-13(17)10-20-14(18)12-8-6-5-7-9-12;2*1-3-2;3*1-2/h5-13,18,25H,4,14-15H2,1-3H3;1-14,19,25H,15-16H2;5-11,17,21H,4,12-13H2,1-3H3;1-12,16,21H,13-14H2;5-9,13,17H,4,10-11H2,1-3H3;2*3H2,1-2H3;2*1-2H3;1H3. The molecule has 0 aliphatic carbocycles. The van der Waals surface area contributed by atoms with Crippen LogP contribution in [-0.4, -0.2) is 176 Å². The smallest absolute Gasteiger partial charge is 0.339 e. The lowest BCUT2D eigenvalue weighted by molar-refractivity contribution is -0.158. The minimum absolute atomic E-state index is 0.0492. The Labute approximate surface area is 827 Å². The number of carbonyl (C=O) groups is 8. The molecule has 0 aliphatic heterocycles. The zero-order valence-corrected chi connectivity index (χ0v) is 85.2. The van der Waals surface area contributed by atoms with Crippen LogP contribution in [0, 0.1) is 16.2 Å². The van der Waals surface area contributed by atoms with Crippen molar-refractivity contribution in [1.82, 2.24) is 0 Å². The first-order valence-corrected chi connectivity index (χ1v) is 48.7. The van der Waals surface area contributed by atoms with Crippen molar-refractivity contribution in [3.8, 4) is 11.5 Å². The molecule has 5 atom stereocenters. The van der Waals surface area contributed by atoms with Crippen LogP contribution in [0.25, 0.3) is 64.6 Å². The number of halogens is 1. The first kappa shape index (κ1) is 118. The molecule has 13 aromatic carbocycles. The molecule has 5 N–H and O–H groups in total. The van der Waals surface area contributed by atoms with E-state index in [0.29, 0.717) is 58.6 Å². The summed E-state index contributed by atoms with van der Waals surface area (Å²) in [5, 5.41) is 60.5. The zero-order valence-electron chi connectivity index (χ0n) is 83.6. The van der Waals surface area contributed by atoms with Crippen molar-refractivity contribution in [3.05, 3.63) is 313 Å². The molecule has 0 bridgehead atoms. The molecule has 0 radical (unpaired) electrons. The van der Waals surface area contributed by atoms with E-state index in [4.69, 9.17) is 47.4 Å². The molecule has 24 heteroatoms. The van der Waals surface area contributed by atoms with Gasteiger partial charge in [-0.05, 0) is 198 Å². The summed E-state index contributed by atoms with van der Waals surface area (Å²) >= 11 is 2.94. The van der Waals surface area contributed by atoms with Crippen LogP contribution >= 0.6 is 15.9 Å². The normalized spacial score (nSPS) is 11.7. The Bertz CT molecular complexity index is 5730. The number of para-hydroxylation sites is 2. The first-order chi connectivity index (χ1) is 66.8. The van der Waals surface area contributed by atoms with Gasteiger partial charge in [0.1, 0.15) is 108 Å². The minimum atomic E-state index is -1.09. The van der Waals surface area contributed by atoms with Crippen molar-refractivity contribution in [3.63, 3.8) is 0 Å². The van der Waals surface area contributed by atoms with E-state index in [9.17, 15) is 63.9 Å². The molecule has 139 heavy (non-hydrogen) atoms. The second-order valence-electron chi connectivity index (χ2n) is 33.3. The summed E-state index contributed by atoms with van der Waals surface area (Å²) in [5.74, 6) is -0.467. The van der Waals surface area contributed by atoms with Gasteiger partial charge in [-0.1, -0.05) is 323 Å². The Hall–Kier alpha value is -12.9. The van der Waals surface area contributed by atoms with Crippen molar-refractivity contribution in [2.45, 2.75) is 180 Å². The maximum Gasteiger partial charge on any atom is 0.339 e. The third-order valence-corrected chi connectivity index (χ3v) is 20.9. The Kier molecular flexibility index (Phi) is 54.7. The molecule has 0 heterocycles. The van der Waals surface area contributed by atoms with Crippen molar-refractivity contribution in [2.75, 3.05) is 71.9 Å². The fourth-order valence-corrected chi connectivity index (χ4v) is 12.2. The summed E-state index contributed by atoms with van der Waals surface area (Å²) in [5.41, 5.74) is 0.508. The molecule has 0 spiro atoms. The van der Waals surface area contributed by atoms with Gasteiger partial charge in [-0.25, -0.2) is 24.0 Å². The van der Waals surface area contributed by atoms with Crippen LogP contribution in [0.2, 0.25) is 0 Å². The van der Waals surface area contributed by atoms with E-state index in [1.54, 1.807) is 114 Å². The van der Waals surface area contributed by atoms with Crippen LogP contribution in [0.4, 0.5) is 0 Å². The fourth-order valence-electron chi connectivity index (χ4n) is 12.2. The fraction of sp³-hybridized carbons (Fsp3) is 0.357. The molecule has 0 aliphatic rings. The summed E-state index contributed by atoms with van der Waals surface area (Å²) in [6, 6.07) is 87.7. The number of aliphatic hydroxyl groups excluding tert-OH is 5. The molecular formula is C115H141BrO23. The SMILES string of the molecule is CBr.CC.CC.CCC.CCC.CCC(C)(C)C(=O)OCC(O)COC(=O)c1c2ccccc2cc2ccccc12.CCC(C)(C)C(=O)OCC(O)COC(=O)c1ccc2ccccc2c1.CCC(C)(C)C(=O)OCC(O)COC(=O)c1ccccc1.O=C(OCC(O)COc1ccccc1)c1c2ccccc2cc2ccccc12.O=C(OCC(O)COc1ccccc1)c1cccc2ccccc12. The average molecular weight is 1970 g/mol. The van der Waals surface area contributed by atoms with Crippen LogP contribution < -0.4 is 9.47 Å². The van der Waals surface area contributed by atoms with E-state index in [0.717, 1.165) is 64.6 Å². The number of hydrogen-bond acceptors (Lipinski definition) is 23. The largest absolute Gasteiger partial charge is 0.491 e. The van der Waals surface area contributed by atoms with E-state index < -0.39 is 76.6 Å². The zero-order chi connectivity index (χ0) is 103. The lowest BCUT2D eigenvalue weighted by Crippen LogP contribution is -2.31. The Morgan fingerprint density at radius 1 is 0.252 bits per heavy atom. The maximum atomic E-state index is 12.9. The molecule has 23 nitrogen and oxygen atoms in total.